The SMILES string of the molecule is CSCCCNC1CCCC(NC(=O)OC(C)(C)C)C1. The van der Waals surface area contributed by atoms with Crippen LogP contribution in [0.4, 0.5) is 4.79 Å². The number of alkyl carbamates (subject to hydrolysis) is 1. The molecule has 2 unspecified atom stereocenters. The van der Waals surface area contributed by atoms with E-state index in [2.05, 4.69) is 16.9 Å². The van der Waals surface area contributed by atoms with Crippen molar-refractivity contribution in [2.45, 2.75) is 70.6 Å². The molecule has 2 N–H and O–H groups in total. The van der Waals surface area contributed by atoms with Gasteiger partial charge in [-0.2, -0.15) is 11.8 Å². The van der Waals surface area contributed by atoms with Crippen molar-refractivity contribution in [3.8, 4) is 0 Å². The summed E-state index contributed by atoms with van der Waals surface area (Å²) in [7, 11) is 0. The van der Waals surface area contributed by atoms with E-state index in [-0.39, 0.29) is 12.1 Å². The number of hydrogen-bond acceptors (Lipinski definition) is 4. The first-order valence-electron chi connectivity index (χ1n) is 7.62. The van der Waals surface area contributed by atoms with Crippen molar-refractivity contribution in [1.82, 2.24) is 10.6 Å². The molecule has 0 heterocycles. The molecule has 0 bridgehead atoms. The Morgan fingerprint density at radius 1 is 1.30 bits per heavy atom. The van der Waals surface area contributed by atoms with Crippen LogP contribution >= 0.6 is 11.8 Å². The largest absolute Gasteiger partial charge is 0.444 e. The quantitative estimate of drug-likeness (QED) is 0.740. The van der Waals surface area contributed by atoms with E-state index in [1.54, 1.807) is 0 Å². The van der Waals surface area contributed by atoms with Crippen molar-refractivity contribution in [2.75, 3.05) is 18.6 Å². The molecule has 1 aliphatic carbocycles. The molecule has 0 aromatic rings. The van der Waals surface area contributed by atoms with Crippen molar-refractivity contribution in [3.63, 3.8) is 0 Å². The van der Waals surface area contributed by atoms with Crippen molar-refractivity contribution in [1.29, 1.82) is 0 Å². The standard InChI is InChI=1S/C15H30N2O2S/c1-15(2,3)19-14(18)17-13-8-5-7-12(11-13)16-9-6-10-20-4/h12-13,16H,5-11H2,1-4H3,(H,17,18). The number of rotatable bonds is 6. The molecular formula is C15H30N2O2S. The molecule has 1 rings (SSSR count). The number of nitrogens with one attached hydrogen (secondary N) is 2. The van der Waals surface area contributed by atoms with Gasteiger partial charge in [0.25, 0.3) is 0 Å². The van der Waals surface area contributed by atoms with Gasteiger partial charge in [0.05, 0.1) is 0 Å². The molecule has 5 heteroatoms. The first-order valence-corrected chi connectivity index (χ1v) is 9.02. The van der Waals surface area contributed by atoms with E-state index in [4.69, 9.17) is 4.74 Å². The van der Waals surface area contributed by atoms with Crippen LogP contribution in [0.1, 0.15) is 52.9 Å². The summed E-state index contributed by atoms with van der Waals surface area (Å²) in [5.74, 6) is 1.21. The highest BCUT2D eigenvalue weighted by molar-refractivity contribution is 7.98. The van der Waals surface area contributed by atoms with Crippen LogP contribution in [0, 0.1) is 0 Å². The topological polar surface area (TPSA) is 50.4 Å². The van der Waals surface area contributed by atoms with Gasteiger partial charge in [-0.15, -0.1) is 0 Å². The Bertz CT molecular complexity index is 292. The molecular weight excluding hydrogens is 272 g/mol. The van der Waals surface area contributed by atoms with Gasteiger partial charge < -0.3 is 15.4 Å². The fourth-order valence-corrected chi connectivity index (χ4v) is 2.94. The van der Waals surface area contributed by atoms with Gasteiger partial charge in [0, 0.05) is 12.1 Å². The van der Waals surface area contributed by atoms with E-state index in [0.29, 0.717) is 6.04 Å². The van der Waals surface area contributed by atoms with Gasteiger partial charge in [0.2, 0.25) is 0 Å². The second kappa shape index (κ2) is 8.78. The van der Waals surface area contributed by atoms with Crippen molar-refractivity contribution in [2.24, 2.45) is 0 Å². The average Bonchev–Trinajstić information content (AvgIpc) is 2.32. The highest BCUT2D eigenvalue weighted by atomic mass is 32.2. The van der Waals surface area contributed by atoms with Gasteiger partial charge in [0.15, 0.2) is 0 Å². The molecule has 1 saturated carbocycles. The maximum absolute atomic E-state index is 11.8. The Labute approximate surface area is 127 Å². The van der Waals surface area contributed by atoms with Crippen LogP contribution in [-0.4, -0.2) is 42.3 Å². The summed E-state index contributed by atoms with van der Waals surface area (Å²) in [5.41, 5.74) is -0.422. The highest BCUT2D eigenvalue weighted by Crippen LogP contribution is 2.19. The second-order valence-electron chi connectivity index (χ2n) is 6.51. The van der Waals surface area contributed by atoms with Gasteiger partial charge in [0.1, 0.15) is 5.60 Å². The Balaban J connectivity index is 2.24. The monoisotopic (exact) mass is 302 g/mol. The summed E-state index contributed by atoms with van der Waals surface area (Å²) in [6.07, 6.45) is 7.52. The van der Waals surface area contributed by atoms with Gasteiger partial charge >= 0.3 is 6.09 Å². The molecule has 4 nitrogen and oxygen atoms in total. The van der Waals surface area contributed by atoms with E-state index in [0.717, 1.165) is 19.4 Å². The van der Waals surface area contributed by atoms with E-state index >= 15 is 0 Å². The molecule has 1 fully saturated rings. The first kappa shape index (κ1) is 17.6. The van der Waals surface area contributed by atoms with E-state index in [1.165, 1.54) is 25.0 Å². The van der Waals surface area contributed by atoms with E-state index in [1.807, 2.05) is 32.5 Å². The van der Waals surface area contributed by atoms with Gasteiger partial charge in [-0.25, -0.2) is 4.79 Å². The predicted molar refractivity (Wildman–Crippen MR) is 86.4 cm³/mol. The summed E-state index contributed by atoms with van der Waals surface area (Å²) in [6, 6.07) is 0.780. The third-order valence-corrected chi connectivity index (χ3v) is 4.05. The molecule has 118 valence electrons. The first-order chi connectivity index (χ1) is 9.40. The lowest BCUT2D eigenvalue weighted by atomic mass is 9.91. The summed E-state index contributed by atoms with van der Waals surface area (Å²) in [6.45, 7) is 6.75. The van der Waals surface area contributed by atoms with Crippen molar-refractivity contribution in [3.05, 3.63) is 0 Å². The minimum Gasteiger partial charge on any atom is -0.444 e. The third-order valence-electron chi connectivity index (χ3n) is 3.35. The molecule has 1 aliphatic rings. The lowest BCUT2D eigenvalue weighted by Gasteiger charge is -2.31. The van der Waals surface area contributed by atoms with Crippen LogP contribution < -0.4 is 10.6 Å². The summed E-state index contributed by atoms with van der Waals surface area (Å²) in [5, 5.41) is 6.60. The Morgan fingerprint density at radius 3 is 2.65 bits per heavy atom. The van der Waals surface area contributed by atoms with Crippen LogP contribution in [0.5, 0.6) is 0 Å². The van der Waals surface area contributed by atoms with Crippen LogP contribution in [0.3, 0.4) is 0 Å². The van der Waals surface area contributed by atoms with E-state index < -0.39 is 5.60 Å². The van der Waals surface area contributed by atoms with Crippen LogP contribution in [0.15, 0.2) is 0 Å². The second-order valence-corrected chi connectivity index (χ2v) is 7.49. The molecule has 2 atom stereocenters. The fraction of sp³-hybridized carbons (Fsp3) is 0.933. The molecule has 1 amide bonds. The Hall–Kier alpha value is -0.420. The van der Waals surface area contributed by atoms with E-state index in [9.17, 15) is 4.79 Å². The molecule has 0 aliphatic heterocycles. The lowest BCUT2D eigenvalue weighted by Crippen LogP contribution is -2.45. The minimum absolute atomic E-state index is 0.247. The van der Waals surface area contributed by atoms with Crippen LogP contribution in [0.25, 0.3) is 0 Å². The number of ether oxygens (including phenoxy) is 1. The zero-order valence-corrected chi connectivity index (χ0v) is 14.1. The lowest BCUT2D eigenvalue weighted by molar-refractivity contribution is 0.0489. The Morgan fingerprint density at radius 2 is 2.00 bits per heavy atom. The number of amides is 1. The average molecular weight is 302 g/mol. The Kier molecular flexibility index (Phi) is 7.74. The zero-order chi connectivity index (χ0) is 15.0. The number of hydrogen-bond donors (Lipinski definition) is 2. The maximum atomic E-state index is 11.8. The smallest absolute Gasteiger partial charge is 0.407 e. The van der Waals surface area contributed by atoms with Gasteiger partial charge in [-0.05, 0) is 71.4 Å². The number of carbonyl (C=O) groups is 1. The zero-order valence-electron chi connectivity index (χ0n) is 13.3. The molecule has 0 aromatic heterocycles. The third kappa shape index (κ3) is 8.00. The van der Waals surface area contributed by atoms with Crippen molar-refractivity contribution >= 4 is 17.9 Å². The molecule has 0 spiro atoms. The van der Waals surface area contributed by atoms with Gasteiger partial charge in [-0.3, -0.25) is 0 Å². The molecule has 0 aromatic carbocycles. The molecule has 0 radical (unpaired) electrons. The van der Waals surface area contributed by atoms with Crippen LogP contribution in [0.2, 0.25) is 0 Å². The molecule has 20 heavy (non-hydrogen) atoms. The normalized spacial score (nSPS) is 23.4. The van der Waals surface area contributed by atoms with Crippen LogP contribution in [-0.2, 0) is 4.74 Å². The van der Waals surface area contributed by atoms with Gasteiger partial charge in [-0.1, -0.05) is 0 Å². The summed E-state index contributed by atoms with van der Waals surface area (Å²) < 4.78 is 5.32. The predicted octanol–water partition coefficient (Wildman–Crippen LogP) is 3.17. The number of thioether (sulfide) groups is 1. The summed E-state index contributed by atoms with van der Waals surface area (Å²) >= 11 is 1.89. The highest BCUT2D eigenvalue weighted by Gasteiger charge is 2.25. The number of carbonyl (C=O) groups excluding carboxylic acids is 1. The minimum atomic E-state index is -0.422. The maximum Gasteiger partial charge on any atom is 0.407 e. The molecule has 0 saturated heterocycles. The van der Waals surface area contributed by atoms with Crippen molar-refractivity contribution < 1.29 is 9.53 Å². The fourth-order valence-electron chi connectivity index (χ4n) is 2.50. The summed E-state index contributed by atoms with van der Waals surface area (Å²) in [4.78, 5) is 11.8.